The number of rotatable bonds is 6. The average molecular weight is 483 g/mol. The molecule has 1 N–H and O–H groups in total. The molecule has 3 aromatic rings. The second-order valence-corrected chi connectivity index (χ2v) is 9.43. The van der Waals surface area contributed by atoms with E-state index >= 15 is 4.39 Å². The summed E-state index contributed by atoms with van der Waals surface area (Å²) in [6.07, 6.45) is 3.59. The molecule has 2 heterocycles. The molecule has 0 radical (unpaired) electrons. The average Bonchev–Trinajstić information content (AvgIpc) is 3.69. The molecular formula is C26H28ClFN4O2. The molecule has 6 nitrogen and oxygen atoms in total. The quantitative estimate of drug-likeness (QED) is 0.572. The van der Waals surface area contributed by atoms with E-state index in [1.807, 2.05) is 27.7 Å². The van der Waals surface area contributed by atoms with Crippen molar-refractivity contribution in [1.82, 2.24) is 14.8 Å². The Kier molecular flexibility index (Phi) is 6.32. The second-order valence-electron chi connectivity index (χ2n) is 9.03. The van der Waals surface area contributed by atoms with Crippen LogP contribution in [0.4, 0.5) is 10.1 Å². The summed E-state index contributed by atoms with van der Waals surface area (Å²) in [5.74, 6) is -0.910. The number of carbonyl (C=O) groups excluding carboxylic acids is 1. The number of hydrogen-bond donors (Lipinski definition) is 1. The van der Waals surface area contributed by atoms with Gasteiger partial charge >= 0.3 is 0 Å². The molecule has 1 saturated heterocycles. The Hall–Kier alpha value is -2.90. The highest BCUT2D eigenvalue weighted by Gasteiger charge is 2.28. The zero-order valence-electron chi connectivity index (χ0n) is 19.2. The van der Waals surface area contributed by atoms with Gasteiger partial charge in [0, 0.05) is 55.4 Å². The van der Waals surface area contributed by atoms with E-state index in [0.29, 0.717) is 16.2 Å². The molecule has 2 aromatic carbocycles. The van der Waals surface area contributed by atoms with E-state index in [1.165, 1.54) is 6.07 Å². The van der Waals surface area contributed by atoms with Gasteiger partial charge in [-0.05, 0) is 43.1 Å². The Balaban J connectivity index is 1.49. The van der Waals surface area contributed by atoms with Gasteiger partial charge in [-0.3, -0.25) is 9.59 Å². The Labute approximate surface area is 202 Å². The second kappa shape index (κ2) is 9.39. The summed E-state index contributed by atoms with van der Waals surface area (Å²) in [5, 5.41) is 3.58. The molecule has 1 amide bonds. The lowest BCUT2D eigenvalue weighted by atomic mass is 10.1. The van der Waals surface area contributed by atoms with E-state index in [0.717, 1.165) is 51.1 Å². The lowest BCUT2D eigenvalue weighted by Gasteiger charge is -2.35. The summed E-state index contributed by atoms with van der Waals surface area (Å²) < 4.78 is 17.2. The molecule has 1 aliphatic carbocycles. The summed E-state index contributed by atoms with van der Waals surface area (Å²) in [6.45, 7) is 6.57. The Morgan fingerprint density at radius 3 is 2.56 bits per heavy atom. The number of aromatic nitrogens is 1. The number of benzene rings is 2. The summed E-state index contributed by atoms with van der Waals surface area (Å²) in [4.78, 5) is 30.6. The van der Waals surface area contributed by atoms with Gasteiger partial charge in [0.1, 0.15) is 11.4 Å². The first-order valence-corrected chi connectivity index (χ1v) is 12.2. The number of nitrogens with one attached hydrogen (secondary N) is 1. The van der Waals surface area contributed by atoms with Gasteiger partial charge in [-0.2, -0.15) is 0 Å². The van der Waals surface area contributed by atoms with Crippen molar-refractivity contribution in [2.24, 2.45) is 0 Å². The van der Waals surface area contributed by atoms with Gasteiger partial charge in [0.15, 0.2) is 0 Å². The zero-order valence-corrected chi connectivity index (χ0v) is 19.9. The van der Waals surface area contributed by atoms with Crippen molar-refractivity contribution in [2.75, 3.05) is 37.6 Å². The van der Waals surface area contributed by atoms with Gasteiger partial charge in [-0.1, -0.05) is 36.7 Å². The van der Waals surface area contributed by atoms with Crippen molar-refractivity contribution in [3.8, 4) is 0 Å². The smallest absolute Gasteiger partial charge is 0.257 e. The van der Waals surface area contributed by atoms with Crippen molar-refractivity contribution >= 4 is 34.1 Å². The van der Waals surface area contributed by atoms with Crippen LogP contribution in [0.2, 0.25) is 5.02 Å². The highest BCUT2D eigenvalue weighted by molar-refractivity contribution is 6.31. The van der Waals surface area contributed by atoms with Crippen molar-refractivity contribution in [3.63, 3.8) is 0 Å². The number of hydrogen-bond acceptors (Lipinski definition) is 4. The third-order valence-corrected chi connectivity index (χ3v) is 7.21. The molecule has 1 aliphatic heterocycles. The van der Waals surface area contributed by atoms with E-state index in [2.05, 4.69) is 17.1 Å². The van der Waals surface area contributed by atoms with E-state index in [9.17, 15) is 9.59 Å². The Bertz CT molecular complexity index is 1300. The minimum absolute atomic E-state index is 0.0233. The standard InChI is InChI=1S/C26H28ClFN4O2/c1-2-30-9-11-31(12-10-30)24-14-23-19(13-22(24)28)25(33)20(16-32(23)18-7-8-18)26(34)29-15-17-5-3-4-6-21(17)27/h3-6,13-14,16,18H,2,7-12,15H2,1H3,(H,29,34). The number of halogens is 2. The summed E-state index contributed by atoms with van der Waals surface area (Å²) in [6, 6.07) is 10.5. The molecule has 2 aliphatic rings. The SMILES string of the molecule is CCN1CCN(c2cc3c(cc2F)c(=O)c(C(=O)NCc2ccccc2Cl)cn3C2CC2)CC1. The Morgan fingerprint density at radius 1 is 1.15 bits per heavy atom. The molecule has 8 heteroatoms. The van der Waals surface area contributed by atoms with Crippen LogP contribution in [0.15, 0.2) is 47.4 Å². The molecular weight excluding hydrogens is 455 g/mol. The van der Waals surface area contributed by atoms with Gasteiger partial charge in [0.05, 0.1) is 11.2 Å². The first-order valence-electron chi connectivity index (χ1n) is 11.8. The van der Waals surface area contributed by atoms with Crippen LogP contribution in [0.3, 0.4) is 0 Å². The number of likely N-dealkylation sites (N-methyl/N-ethyl adjacent to an activating group) is 1. The molecule has 1 aromatic heterocycles. The fourth-order valence-electron chi connectivity index (χ4n) is 4.64. The molecule has 0 atom stereocenters. The molecule has 0 bridgehead atoms. The van der Waals surface area contributed by atoms with Crippen LogP contribution in [-0.2, 0) is 6.54 Å². The van der Waals surface area contributed by atoms with Crippen LogP contribution >= 0.6 is 11.6 Å². The van der Waals surface area contributed by atoms with E-state index in [1.54, 1.807) is 18.3 Å². The molecule has 5 rings (SSSR count). The van der Waals surface area contributed by atoms with Gasteiger partial charge in [0.25, 0.3) is 5.91 Å². The number of nitrogens with zero attached hydrogens (tertiary/aromatic N) is 3. The predicted octanol–water partition coefficient (Wildman–Crippen LogP) is 4.20. The minimum atomic E-state index is -0.485. The summed E-state index contributed by atoms with van der Waals surface area (Å²) >= 11 is 6.19. The van der Waals surface area contributed by atoms with Crippen molar-refractivity contribution in [3.05, 3.63) is 74.8 Å². The van der Waals surface area contributed by atoms with Gasteiger partial charge in [0.2, 0.25) is 5.43 Å². The van der Waals surface area contributed by atoms with Crippen LogP contribution in [0.1, 0.15) is 41.7 Å². The number of amides is 1. The van der Waals surface area contributed by atoms with E-state index in [-0.39, 0.29) is 23.5 Å². The molecule has 0 spiro atoms. The van der Waals surface area contributed by atoms with Crippen LogP contribution in [-0.4, -0.2) is 48.1 Å². The van der Waals surface area contributed by atoms with Crippen LogP contribution < -0.4 is 15.6 Å². The first kappa shape index (κ1) is 22.9. The molecule has 34 heavy (non-hydrogen) atoms. The number of fused-ring (bicyclic) bond motifs is 1. The number of anilines is 1. The maximum absolute atomic E-state index is 15.2. The molecule has 2 fully saturated rings. The molecule has 0 unspecified atom stereocenters. The number of carbonyl (C=O) groups is 1. The van der Waals surface area contributed by atoms with Crippen LogP contribution in [0.25, 0.3) is 10.9 Å². The van der Waals surface area contributed by atoms with Gasteiger partial charge in [-0.25, -0.2) is 4.39 Å². The maximum Gasteiger partial charge on any atom is 0.257 e. The Morgan fingerprint density at radius 2 is 1.88 bits per heavy atom. The van der Waals surface area contributed by atoms with Crippen LogP contribution in [0.5, 0.6) is 0 Å². The lowest BCUT2D eigenvalue weighted by molar-refractivity contribution is 0.0949. The largest absolute Gasteiger partial charge is 0.367 e. The minimum Gasteiger partial charge on any atom is -0.367 e. The topological polar surface area (TPSA) is 57.6 Å². The number of piperazine rings is 1. The zero-order chi connectivity index (χ0) is 23.8. The van der Waals surface area contributed by atoms with E-state index < -0.39 is 17.2 Å². The van der Waals surface area contributed by atoms with Crippen molar-refractivity contribution < 1.29 is 9.18 Å². The number of pyridine rings is 1. The molecule has 178 valence electrons. The first-order chi connectivity index (χ1) is 16.5. The fraction of sp³-hybridized carbons (Fsp3) is 0.385. The lowest BCUT2D eigenvalue weighted by Crippen LogP contribution is -2.46. The van der Waals surface area contributed by atoms with Crippen molar-refractivity contribution in [2.45, 2.75) is 32.4 Å². The monoisotopic (exact) mass is 482 g/mol. The highest BCUT2D eigenvalue weighted by Crippen LogP contribution is 2.38. The van der Waals surface area contributed by atoms with E-state index in [4.69, 9.17) is 11.6 Å². The molecule has 1 saturated carbocycles. The van der Waals surface area contributed by atoms with Crippen LogP contribution in [0, 0.1) is 5.82 Å². The third kappa shape index (κ3) is 4.42. The normalized spacial score (nSPS) is 16.7. The third-order valence-electron chi connectivity index (χ3n) is 6.84. The summed E-state index contributed by atoms with van der Waals surface area (Å²) in [5.41, 5.74) is 1.54. The fourth-order valence-corrected chi connectivity index (χ4v) is 4.84. The maximum atomic E-state index is 15.2. The predicted molar refractivity (Wildman–Crippen MR) is 133 cm³/mol. The highest BCUT2D eigenvalue weighted by atomic mass is 35.5. The van der Waals surface area contributed by atoms with Gasteiger partial charge < -0.3 is 19.7 Å². The van der Waals surface area contributed by atoms with Crippen molar-refractivity contribution in [1.29, 1.82) is 0 Å². The van der Waals surface area contributed by atoms with Gasteiger partial charge in [-0.15, -0.1) is 0 Å². The summed E-state index contributed by atoms with van der Waals surface area (Å²) in [7, 11) is 0.